The molecule has 0 aliphatic carbocycles. The highest BCUT2D eigenvalue weighted by Crippen LogP contribution is 2.10. The Kier molecular flexibility index (Phi) is 2.32. The molecule has 0 atom stereocenters. The first kappa shape index (κ1) is 9.57. The Morgan fingerprint density at radius 1 is 1.67 bits per heavy atom. The summed E-state index contributed by atoms with van der Waals surface area (Å²) in [5.41, 5.74) is 3.67. The maximum Gasteiger partial charge on any atom is 0.339 e. The van der Waals surface area contributed by atoms with Crippen LogP contribution in [0.15, 0.2) is 12.3 Å². The Balaban J connectivity index is 2.29. The summed E-state index contributed by atoms with van der Waals surface area (Å²) >= 11 is 0. The van der Waals surface area contributed by atoms with Crippen LogP contribution in [-0.2, 0) is 4.74 Å². The van der Waals surface area contributed by atoms with Gasteiger partial charge in [0.05, 0.1) is 12.2 Å². The average Bonchev–Trinajstić information content (AvgIpc) is 2.63. The quantitative estimate of drug-likeness (QED) is 0.668. The van der Waals surface area contributed by atoms with E-state index in [-0.39, 0.29) is 5.91 Å². The van der Waals surface area contributed by atoms with Gasteiger partial charge in [0.1, 0.15) is 12.4 Å². The van der Waals surface area contributed by atoms with E-state index in [4.69, 9.17) is 4.74 Å². The zero-order valence-corrected chi connectivity index (χ0v) is 8.24. The first-order valence-corrected chi connectivity index (χ1v) is 4.64. The molecule has 2 N–H and O–H groups in total. The molecule has 80 valence electrons. The molecule has 15 heavy (non-hydrogen) atoms. The summed E-state index contributed by atoms with van der Waals surface area (Å²) in [5, 5.41) is 2.60. The number of carbonyl (C=O) groups is 2. The van der Waals surface area contributed by atoms with Gasteiger partial charge in [0, 0.05) is 6.20 Å². The van der Waals surface area contributed by atoms with Gasteiger partial charge in [0.25, 0.3) is 5.91 Å². The van der Waals surface area contributed by atoms with Gasteiger partial charge in [-0.1, -0.05) is 0 Å². The average molecular weight is 209 g/mol. The molecular weight excluding hydrogens is 198 g/mol. The maximum absolute atomic E-state index is 11.4. The summed E-state index contributed by atoms with van der Waals surface area (Å²) in [7, 11) is 0. The second kappa shape index (κ2) is 3.64. The van der Waals surface area contributed by atoms with Crippen molar-refractivity contribution in [2.45, 2.75) is 6.92 Å². The van der Waals surface area contributed by atoms with Gasteiger partial charge >= 0.3 is 5.97 Å². The van der Waals surface area contributed by atoms with E-state index >= 15 is 0 Å². The van der Waals surface area contributed by atoms with E-state index in [1.165, 1.54) is 10.7 Å². The number of nitrogens with zero attached hydrogens (tertiary/aromatic N) is 1. The molecule has 6 heteroatoms. The Bertz CT molecular complexity index is 411. The largest absolute Gasteiger partial charge is 0.462 e. The number of aromatic nitrogens is 1. The first-order valence-electron chi connectivity index (χ1n) is 4.64. The highest BCUT2D eigenvalue weighted by atomic mass is 16.5. The van der Waals surface area contributed by atoms with Crippen LogP contribution in [0.4, 0.5) is 0 Å². The molecule has 2 rings (SSSR count). The molecule has 0 saturated carbocycles. The minimum Gasteiger partial charge on any atom is -0.462 e. The molecule has 0 fully saturated rings. The van der Waals surface area contributed by atoms with Crippen molar-refractivity contribution in [2.24, 2.45) is 0 Å². The van der Waals surface area contributed by atoms with E-state index in [0.717, 1.165) is 0 Å². The topological polar surface area (TPSA) is 72.4 Å². The number of esters is 1. The lowest BCUT2D eigenvalue weighted by molar-refractivity contribution is 0.0526. The molecule has 0 unspecified atom stereocenters. The molecule has 1 amide bonds. The third-order valence-electron chi connectivity index (χ3n) is 2.06. The molecular formula is C9H11N3O3. The van der Waals surface area contributed by atoms with Crippen LogP contribution in [0.25, 0.3) is 0 Å². The molecule has 0 bridgehead atoms. The fourth-order valence-electron chi connectivity index (χ4n) is 1.39. The smallest absolute Gasteiger partial charge is 0.339 e. The number of fused-ring (bicyclic) bond motifs is 1. The van der Waals surface area contributed by atoms with E-state index in [1.807, 2.05) is 0 Å². The summed E-state index contributed by atoms with van der Waals surface area (Å²) in [5.74, 6) is -0.627. The van der Waals surface area contributed by atoms with E-state index < -0.39 is 5.97 Å². The SMILES string of the molecule is CCOC(=O)c1cc2n(c1)NCNC2=O. The second-order valence-corrected chi connectivity index (χ2v) is 3.05. The lowest BCUT2D eigenvalue weighted by Crippen LogP contribution is -2.40. The molecule has 2 heterocycles. The van der Waals surface area contributed by atoms with Crippen LogP contribution in [0.5, 0.6) is 0 Å². The predicted octanol–water partition coefficient (Wildman–Crippen LogP) is -0.0908. The number of hydrogen-bond donors (Lipinski definition) is 2. The lowest BCUT2D eigenvalue weighted by Gasteiger charge is -2.17. The van der Waals surface area contributed by atoms with Crippen LogP contribution in [0, 0.1) is 0 Å². The molecule has 0 aromatic carbocycles. The van der Waals surface area contributed by atoms with Crippen molar-refractivity contribution in [3.05, 3.63) is 23.5 Å². The lowest BCUT2D eigenvalue weighted by atomic mass is 10.3. The predicted molar refractivity (Wildman–Crippen MR) is 52.1 cm³/mol. The number of nitrogens with one attached hydrogen (secondary N) is 2. The maximum atomic E-state index is 11.4. The molecule has 1 aliphatic heterocycles. The minimum atomic E-state index is -0.422. The van der Waals surface area contributed by atoms with Crippen LogP contribution in [0.2, 0.25) is 0 Å². The van der Waals surface area contributed by atoms with Crippen molar-refractivity contribution < 1.29 is 14.3 Å². The Morgan fingerprint density at radius 2 is 2.47 bits per heavy atom. The van der Waals surface area contributed by atoms with Crippen LogP contribution < -0.4 is 10.7 Å². The number of rotatable bonds is 2. The van der Waals surface area contributed by atoms with Gasteiger partial charge in [0.15, 0.2) is 0 Å². The molecule has 0 radical (unpaired) electrons. The standard InChI is InChI=1S/C9H11N3O3/c1-2-15-9(14)6-3-7-8(13)10-5-11-12(7)4-6/h3-4,11H,2,5H2,1H3,(H,10,13). The summed E-state index contributed by atoms with van der Waals surface area (Å²) in [6.07, 6.45) is 1.55. The zero-order chi connectivity index (χ0) is 10.8. The third kappa shape index (κ3) is 1.65. The van der Waals surface area contributed by atoms with E-state index in [2.05, 4.69) is 10.7 Å². The summed E-state index contributed by atoms with van der Waals surface area (Å²) < 4.78 is 6.35. The number of ether oxygens (including phenoxy) is 1. The zero-order valence-electron chi connectivity index (χ0n) is 8.24. The Labute approximate surface area is 86.2 Å². The molecule has 6 nitrogen and oxygen atoms in total. The number of amides is 1. The van der Waals surface area contributed by atoms with Gasteiger partial charge in [-0.15, -0.1) is 0 Å². The van der Waals surface area contributed by atoms with Gasteiger partial charge < -0.3 is 15.5 Å². The third-order valence-corrected chi connectivity index (χ3v) is 2.06. The van der Waals surface area contributed by atoms with Crippen LogP contribution in [0.3, 0.4) is 0 Å². The molecule has 1 aromatic rings. The van der Waals surface area contributed by atoms with Crippen molar-refractivity contribution >= 4 is 11.9 Å². The van der Waals surface area contributed by atoms with Gasteiger partial charge in [0.2, 0.25) is 0 Å². The van der Waals surface area contributed by atoms with E-state index in [1.54, 1.807) is 13.1 Å². The fraction of sp³-hybridized carbons (Fsp3) is 0.333. The number of carbonyl (C=O) groups excluding carboxylic acids is 2. The molecule has 0 saturated heterocycles. The van der Waals surface area contributed by atoms with Crippen molar-refractivity contribution in [1.82, 2.24) is 9.99 Å². The van der Waals surface area contributed by atoms with Gasteiger partial charge in [-0.25, -0.2) is 4.79 Å². The summed E-state index contributed by atoms with van der Waals surface area (Å²) in [6.45, 7) is 2.40. The van der Waals surface area contributed by atoms with Crippen molar-refractivity contribution in [2.75, 3.05) is 18.7 Å². The van der Waals surface area contributed by atoms with Gasteiger partial charge in [-0.05, 0) is 13.0 Å². The fourth-order valence-corrected chi connectivity index (χ4v) is 1.39. The van der Waals surface area contributed by atoms with Crippen molar-refractivity contribution in [3.8, 4) is 0 Å². The summed E-state index contributed by atoms with van der Waals surface area (Å²) in [4.78, 5) is 22.7. The van der Waals surface area contributed by atoms with E-state index in [9.17, 15) is 9.59 Å². The molecule has 0 spiro atoms. The van der Waals surface area contributed by atoms with Crippen LogP contribution in [0.1, 0.15) is 27.8 Å². The minimum absolute atomic E-state index is 0.204. The Hall–Kier alpha value is -1.98. The first-order chi connectivity index (χ1) is 7.22. The normalized spacial score (nSPS) is 13.8. The number of hydrogen-bond acceptors (Lipinski definition) is 4. The van der Waals surface area contributed by atoms with Crippen molar-refractivity contribution in [1.29, 1.82) is 0 Å². The highest BCUT2D eigenvalue weighted by Gasteiger charge is 2.20. The van der Waals surface area contributed by atoms with Gasteiger partial charge in [-0.2, -0.15) is 0 Å². The highest BCUT2D eigenvalue weighted by molar-refractivity contribution is 5.98. The monoisotopic (exact) mass is 209 g/mol. The molecule has 1 aromatic heterocycles. The van der Waals surface area contributed by atoms with E-state index in [0.29, 0.717) is 24.5 Å². The Morgan fingerprint density at radius 3 is 3.13 bits per heavy atom. The molecule has 1 aliphatic rings. The van der Waals surface area contributed by atoms with Crippen molar-refractivity contribution in [3.63, 3.8) is 0 Å². The second-order valence-electron chi connectivity index (χ2n) is 3.05. The summed E-state index contributed by atoms with van der Waals surface area (Å²) in [6, 6.07) is 1.50. The van der Waals surface area contributed by atoms with Crippen LogP contribution >= 0.6 is 0 Å². The van der Waals surface area contributed by atoms with Crippen LogP contribution in [-0.4, -0.2) is 29.8 Å². The van der Waals surface area contributed by atoms with Gasteiger partial charge in [-0.3, -0.25) is 9.47 Å².